The van der Waals surface area contributed by atoms with Crippen molar-refractivity contribution in [3.8, 4) is 5.88 Å². The van der Waals surface area contributed by atoms with E-state index in [1.807, 2.05) is 19.9 Å². The van der Waals surface area contributed by atoms with Gasteiger partial charge >= 0.3 is 0 Å². The second-order valence-corrected chi connectivity index (χ2v) is 3.50. The van der Waals surface area contributed by atoms with Crippen molar-refractivity contribution in [2.24, 2.45) is 0 Å². The van der Waals surface area contributed by atoms with Gasteiger partial charge in [0.2, 0.25) is 5.88 Å². The van der Waals surface area contributed by atoms with Gasteiger partial charge in [0.05, 0.1) is 13.2 Å². The molecule has 76 valence electrons. The monoisotopic (exact) mass is 194 g/mol. The van der Waals surface area contributed by atoms with Crippen molar-refractivity contribution in [3.63, 3.8) is 0 Å². The maximum atomic E-state index is 5.66. The number of hydrogen-bond donors (Lipinski definition) is 0. The lowest BCUT2D eigenvalue weighted by molar-refractivity contribution is 0.137. The first-order valence-corrected chi connectivity index (χ1v) is 4.81. The van der Waals surface area contributed by atoms with Crippen LogP contribution in [0.2, 0.25) is 0 Å². The molecular formula is C10H14N2O2. The average Bonchev–Trinajstić information content (AvgIpc) is 2.54. The third-order valence-corrected chi connectivity index (χ3v) is 2.12. The van der Waals surface area contributed by atoms with Gasteiger partial charge in [-0.1, -0.05) is 0 Å². The summed E-state index contributed by atoms with van der Waals surface area (Å²) in [6.07, 6.45) is 1.10. The Labute approximate surface area is 83.3 Å². The Morgan fingerprint density at radius 2 is 2.29 bits per heavy atom. The minimum atomic E-state index is 0.156. The predicted octanol–water partition coefficient (Wildman–Crippen LogP) is 1.26. The maximum absolute atomic E-state index is 5.66. The van der Waals surface area contributed by atoms with Crippen LogP contribution in [0.15, 0.2) is 6.07 Å². The fourth-order valence-corrected chi connectivity index (χ4v) is 1.52. The highest BCUT2D eigenvalue weighted by Crippen LogP contribution is 2.15. The van der Waals surface area contributed by atoms with Crippen molar-refractivity contribution < 1.29 is 9.47 Å². The number of hydrogen-bond acceptors (Lipinski definition) is 4. The van der Waals surface area contributed by atoms with Gasteiger partial charge in [-0.25, -0.2) is 4.98 Å². The zero-order valence-corrected chi connectivity index (χ0v) is 8.49. The molecule has 2 heterocycles. The Bertz CT molecular complexity index is 302. The van der Waals surface area contributed by atoms with Gasteiger partial charge in [-0.05, 0) is 13.8 Å². The Hall–Kier alpha value is -1.16. The van der Waals surface area contributed by atoms with E-state index in [-0.39, 0.29) is 6.10 Å². The van der Waals surface area contributed by atoms with E-state index in [2.05, 4.69) is 9.97 Å². The largest absolute Gasteiger partial charge is 0.472 e. The van der Waals surface area contributed by atoms with Crippen molar-refractivity contribution >= 4 is 0 Å². The van der Waals surface area contributed by atoms with Crippen LogP contribution >= 0.6 is 0 Å². The molecule has 2 rings (SSSR count). The van der Waals surface area contributed by atoms with Gasteiger partial charge in [0.15, 0.2) is 0 Å². The molecule has 1 unspecified atom stereocenters. The minimum absolute atomic E-state index is 0.156. The Balaban J connectivity index is 2.07. The lowest BCUT2D eigenvalue weighted by Gasteiger charge is -2.11. The summed E-state index contributed by atoms with van der Waals surface area (Å²) in [6, 6.07) is 1.85. The quantitative estimate of drug-likeness (QED) is 0.711. The summed E-state index contributed by atoms with van der Waals surface area (Å²) in [7, 11) is 0. The van der Waals surface area contributed by atoms with Gasteiger partial charge in [0, 0.05) is 18.2 Å². The molecule has 1 atom stereocenters. The summed E-state index contributed by atoms with van der Waals surface area (Å²) in [5.74, 6) is 1.41. The van der Waals surface area contributed by atoms with E-state index in [0.717, 1.165) is 24.5 Å². The molecule has 0 aliphatic carbocycles. The Kier molecular flexibility index (Phi) is 2.63. The Morgan fingerprint density at radius 3 is 2.93 bits per heavy atom. The van der Waals surface area contributed by atoms with Crippen molar-refractivity contribution in [2.45, 2.75) is 26.4 Å². The zero-order valence-electron chi connectivity index (χ0n) is 8.49. The van der Waals surface area contributed by atoms with Crippen molar-refractivity contribution in [3.05, 3.63) is 17.6 Å². The molecule has 0 amide bonds. The highest BCUT2D eigenvalue weighted by molar-refractivity contribution is 5.15. The number of nitrogens with zero attached hydrogens (tertiary/aromatic N) is 2. The van der Waals surface area contributed by atoms with Crippen molar-refractivity contribution in [2.75, 3.05) is 13.2 Å². The molecule has 0 saturated carbocycles. The zero-order chi connectivity index (χ0) is 9.97. The van der Waals surface area contributed by atoms with Gasteiger partial charge in [-0.3, -0.25) is 0 Å². The molecule has 1 aliphatic rings. The summed E-state index contributed by atoms with van der Waals surface area (Å²) in [4.78, 5) is 8.40. The molecule has 1 fully saturated rings. The predicted molar refractivity (Wildman–Crippen MR) is 51.4 cm³/mol. The highest BCUT2D eigenvalue weighted by Gasteiger charge is 2.17. The molecule has 1 aromatic rings. The van der Waals surface area contributed by atoms with Gasteiger partial charge in [0.1, 0.15) is 11.9 Å². The van der Waals surface area contributed by atoms with E-state index in [9.17, 15) is 0 Å². The normalized spacial score (nSPS) is 21.1. The first kappa shape index (κ1) is 9.40. The third-order valence-electron chi connectivity index (χ3n) is 2.12. The van der Waals surface area contributed by atoms with Gasteiger partial charge in [-0.15, -0.1) is 0 Å². The summed E-state index contributed by atoms with van der Waals surface area (Å²) < 4.78 is 10.9. The van der Waals surface area contributed by atoms with E-state index in [4.69, 9.17) is 9.47 Å². The van der Waals surface area contributed by atoms with Crippen LogP contribution in [-0.2, 0) is 4.74 Å². The summed E-state index contributed by atoms with van der Waals surface area (Å²) in [5, 5.41) is 0. The third kappa shape index (κ3) is 2.20. The Morgan fingerprint density at radius 1 is 1.43 bits per heavy atom. The molecule has 1 aliphatic heterocycles. The van der Waals surface area contributed by atoms with E-state index in [0.29, 0.717) is 12.5 Å². The first-order chi connectivity index (χ1) is 6.74. The molecule has 1 saturated heterocycles. The van der Waals surface area contributed by atoms with Crippen LogP contribution in [0.25, 0.3) is 0 Å². The van der Waals surface area contributed by atoms with Crippen LogP contribution < -0.4 is 4.74 Å². The molecule has 14 heavy (non-hydrogen) atoms. The van der Waals surface area contributed by atoms with Crippen molar-refractivity contribution in [1.29, 1.82) is 0 Å². The lowest BCUT2D eigenvalue weighted by Crippen LogP contribution is -2.16. The highest BCUT2D eigenvalue weighted by atomic mass is 16.5. The van der Waals surface area contributed by atoms with Crippen LogP contribution in [-0.4, -0.2) is 29.3 Å². The van der Waals surface area contributed by atoms with E-state index in [1.54, 1.807) is 0 Å². The summed E-state index contributed by atoms with van der Waals surface area (Å²) >= 11 is 0. The number of aryl methyl sites for hydroxylation is 2. The molecule has 0 bridgehead atoms. The molecule has 4 heteroatoms. The SMILES string of the molecule is Cc1cc(OC2CCOC2)nc(C)n1. The molecule has 4 nitrogen and oxygen atoms in total. The first-order valence-electron chi connectivity index (χ1n) is 4.81. The van der Waals surface area contributed by atoms with Crippen LogP contribution in [0.5, 0.6) is 5.88 Å². The number of aromatic nitrogens is 2. The minimum Gasteiger partial charge on any atom is -0.472 e. The molecule has 0 radical (unpaired) electrons. The molecule has 0 aromatic carbocycles. The second-order valence-electron chi connectivity index (χ2n) is 3.50. The number of ether oxygens (including phenoxy) is 2. The topological polar surface area (TPSA) is 44.2 Å². The van der Waals surface area contributed by atoms with E-state index < -0.39 is 0 Å². The van der Waals surface area contributed by atoms with Gasteiger partial charge in [0.25, 0.3) is 0 Å². The van der Waals surface area contributed by atoms with Gasteiger partial charge in [-0.2, -0.15) is 4.98 Å². The standard InChI is InChI=1S/C10H14N2O2/c1-7-5-10(12-8(2)11-7)14-9-3-4-13-6-9/h5,9H,3-4,6H2,1-2H3. The lowest BCUT2D eigenvalue weighted by atomic mass is 10.3. The summed E-state index contributed by atoms with van der Waals surface area (Å²) in [5.41, 5.74) is 0.936. The molecular weight excluding hydrogens is 180 g/mol. The fourth-order valence-electron chi connectivity index (χ4n) is 1.52. The van der Waals surface area contributed by atoms with Gasteiger partial charge < -0.3 is 9.47 Å². The summed E-state index contributed by atoms with van der Waals surface area (Å²) in [6.45, 7) is 5.26. The van der Waals surface area contributed by atoms with Crippen LogP contribution in [0, 0.1) is 13.8 Å². The number of rotatable bonds is 2. The van der Waals surface area contributed by atoms with E-state index >= 15 is 0 Å². The molecule has 0 N–H and O–H groups in total. The maximum Gasteiger partial charge on any atom is 0.217 e. The van der Waals surface area contributed by atoms with Crippen LogP contribution in [0.3, 0.4) is 0 Å². The van der Waals surface area contributed by atoms with Crippen LogP contribution in [0.1, 0.15) is 17.9 Å². The van der Waals surface area contributed by atoms with Crippen molar-refractivity contribution in [1.82, 2.24) is 9.97 Å². The second kappa shape index (κ2) is 3.92. The average molecular weight is 194 g/mol. The molecule has 0 spiro atoms. The van der Waals surface area contributed by atoms with E-state index in [1.165, 1.54) is 0 Å². The van der Waals surface area contributed by atoms with Crippen LogP contribution in [0.4, 0.5) is 0 Å². The molecule has 1 aromatic heterocycles. The smallest absolute Gasteiger partial charge is 0.217 e. The fraction of sp³-hybridized carbons (Fsp3) is 0.600.